The molecule has 2 aromatic rings. The van der Waals surface area contributed by atoms with Crippen LogP contribution in [-0.4, -0.2) is 31.2 Å². The second-order valence-corrected chi connectivity index (χ2v) is 8.41. The van der Waals surface area contributed by atoms with Crippen molar-refractivity contribution in [3.8, 4) is 0 Å². The zero-order valence-electron chi connectivity index (χ0n) is 14.5. The molecule has 134 valence electrons. The van der Waals surface area contributed by atoms with Crippen LogP contribution < -0.4 is 9.62 Å². The Balaban J connectivity index is 1.74. The molecule has 0 atom stereocenters. The first-order valence-electron chi connectivity index (χ1n) is 8.40. The van der Waals surface area contributed by atoms with Crippen molar-refractivity contribution in [3.63, 3.8) is 0 Å². The van der Waals surface area contributed by atoms with Gasteiger partial charge in [-0.25, -0.2) is 8.42 Å². The van der Waals surface area contributed by atoms with Crippen LogP contribution in [0, 0.1) is 13.8 Å². The highest BCUT2D eigenvalue weighted by molar-refractivity contribution is 7.92. The fraction of sp³-hybridized carbons (Fsp3) is 0.389. The molecule has 3 rings (SSSR count). The van der Waals surface area contributed by atoms with Gasteiger partial charge in [0.2, 0.25) is 15.9 Å². The standard InChI is InChI=1S/C18H23N3O3S/c1-14-8-9-15(2)20(14)13-18(22)19-16-6-5-7-17(12-16)21-10-3-4-11-25(21,23)24/h5-9,12H,3-4,10-11,13H2,1-2H3,(H,19,22). The quantitative estimate of drug-likeness (QED) is 0.910. The predicted octanol–water partition coefficient (Wildman–Crippen LogP) is 2.67. The lowest BCUT2D eigenvalue weighted by Crippen LogP contribution is -2.37. The van der Waals surface area contributed by atoms with Crippen LogP contribution in [0.2, 0.25) is 0 Å². The molecule has 1 aliphatic heterocycles. The van der Waals surface area contributed by atoms with Crippen LogP contribution in [0.1, 0.15) is 24.2 Å². The van der Waals surface area contributed by atoms with Crippen LogP contribution >= 0.6 is 0 Å². The number of nitrogens with zero attached hydrogens (tertiary/aromatic N) is 2. The van der Waals surface area contributed by atoms with Crippen LogP contribution in [0.3, 0.4) is 0 Å². The summed E-state index contributed by atoms with van der Waals surface area (Å²) in [6.45, 7) is 4.64. The van der Waals surface area contributed by atoms with Crippen LogP contribution in [0.4, 0.5) is 11.4 Å². The highest BCUT2D eigenvalue weighted by Crippen LogP contribution is 2.26. The van der Waals surface area contributed by atoms with Gasteiger partial charge in [0, 0.05) is 23.6 Å². The second kappa shape index (κ2) is 6.92. The molecule has 0 aliphatic carbocycles. The van der Waals surface area contributed by atoms with Gasteiger partial charge in [0.1, 0.15) is 6.54 Å². The average Bonchev–Trinajstić information content (AvgIpc) is 2.86. The molecule has 2 heterocycles. The van der Waals surface area contributed by atoms with Gasteiger partial charge in [-0.3, -0.25) is 9.10 Å². The van der Waals surface area contributed by atoms with E-state index in [1.54, 1.807) is 24.3 Å². The molecule has 1 aromatic heterocycles. The number of nitrogens with one attached hydrogen (secondary N) is 1. The van der Waals surface area contributed by atoms with Gasteiger partial charge in [0.15, 0.2) is 0 Å². The molecule has 6 nitrogen and oxygen atoms in total. The smallest absolute Gasteiger partial charge is 0.244 e. The Morgan fingerprint density at radius 1 is 1.12 bits per heavy atom. The average molecular weight is 361 g/mol. The van der Waals surface area contributed by atoms with Gasteiger partial charge in [0.05, 0.1) is 11.4 Å². The van der Waals surface area contributed by atoms with Gasteiger partial charge in [-0.2, -0.15) is 0 Å². The van der Waals surface area contributed by atoms with Crippen LogP contribution in [0.25, 0.3) is 0 Å². The van der Waals surface area contributed by atoms with E-state index in [0.29, 0.717) is 24.3 Å². The summed E-state index contributed by atoms with van der Waals surface area (Å²) in [6, 6.07) is 11.0. The van der Waals surface area contributed by atoms with Crippen molar-refractivity contribution >= 4 is 27.3 Å². The molecule has 1 N–H and O–H groups in total. The molecular formula is C18H23N3O3S. The van der Waals surface area contributed by atoms with E-state index in [4.69, 9.17) is 0 Å². The minimum absolute atomic E-state index is 0.138. The molecule has 1 amide bonds. The van der Waals surface area contributed by atoms with E-state index < -0.39 is 10.0 Å². The first kappa shape index (κ1) is 17.5. The van der Waals surface area contributed by atoms with Crippen LogP contribution in [0.15, 0.2) is 36.4 Å². The largest absolute Gasteiger partial charge is 0.340 e. The molecule has 25 heavy (non-hydrogen) atoms. The number of sulfonamides is 1. The van der Waals surface area contributed by atoms with Gasteiger partial charge < -0.3 is 9.88 Å². The number of hydrogen-bond donors (Lipinski definition) is 1. The lowest BCUT2D eigenvalue weighted by atomic mass is 10.2. The maximum Gasteiger partial charge on any atom is 0.244 e. The Morgan fingerprint density at radius 3 is 2.52 bits per heavy atom. The molecule has 1 aromatic carbocycles. The van der Waals surface area contributed by atoms with Crippen molar-refractivity contribution in [3.05, 3.63) is 47.8 Å². The Labute approximate surface area is 148 Å². The minimum atomic E-state index is -3.26. The van der Waals surface area contributed by atoms with E-state index in [0.717, 1.165) is 17.8 Å². The number of hydrogen-bond acceptors (Lipinski definition) is 3. The lowest BCUT2D eigenvalue weighted by Gasteiger charge is -2.28. The summed E-state index contributed by atoms with van der Waals surface area (Å²) in [6.07, 6.45) is 1.55. The second-order valence-electron chi connectivity index (χ2n) is 6.40. The minimum Gasteiger partial charge on any atom is -0.340 e. The summed E-state index contributed by atoms with van der Waals surface area (Å²) >= 11 is 0. The first-order valence-corrected chi connectivity index (χ1v) is 10.0. The number of anilines is 2. The SMILES string of the molecule is Cc1ccc(C)n1CC(=O)Nc1cccc(N2CCCCS2(=O)=O)c1. The van der Waals surface area contributed by atoms with E-state index in [-0.39, 0.29) is 18.2 Å². The zero-order chi connectivity index (χ0) is 18.0. The molecule has 1 fully saturated rings. The molecule has 0 unspecified atom stereocenters. The Morgan fingerprint density at radius 2 is 1.84 bits per heavy atom. The van der Waals surface area contributed by atoms with Crippen LogP contribution in [-0.2, 0) is 21.4 Å². The van der Waals surface area contributed by atoms with Crippen molar-refractivity contribution in [2.45, 2.75) is 33.2 Å². The highest BCUT2D eigenvalue weighted by atomic mass is 32.2. The van der Waals surface area contributed by atoms with E-state index in [1.165, 1.54) is 4.31 Å². The van der Waals surface area contributed by atoms with Gasteiger partial charge in [-0.15, -0.1) is 0 Å². The molecule has 0 spiro atoms. The number of amides is 1. The molecule has 7 heteroatoms. The van der Waals surface area contributed by atoms with Crippen molar-refractivity contribution in [2.75, 3.05) is 21.9 Å². The van der Waals surface area contributed by atoms with Gasteiger partial charge in [-0.05, 0) is 57.0 Å². The number of benzene rings is 1. The lowest BCUT2D eigenvalue weighted by molar-refractivity contribution is -0.116. The highest BCUT2D eigenvalue weighted by Gasteiger charge is 2.26. The summed E-state index contributed by atoms with van der Waals surface area (Å²) < 4.78 is 27.9. The van der Waals surface area contributed by atoms with Gasteiger partial charge >= 0.3 is 0 Å². The molecular weight excluding hydrogens is 338 g/mol. The van der Waals surface area contributed by atoms with Gasteiger partial charge in [-0.1, -0.05) is 6.07 Å². The number of carbonyl (C=O) groups is 1. The Kier molecular flexibility index (Phi) is 4.85. The zero-order valence-corrected chi connectivity index (χ0v) is 15.3. The summed E-state index contributed by atoms with van der Waals surface area (Å²) in [7, 11) is -3.26. The fourth-order valence-corrected chi connectivity index (χ4v) is 4.74. The number of aromatic nitrogens is 1. The number of carbonyl (C=O) groups excluding carboxylic acids is 1. The van der Waals surface area contributed by atoms with E-state index in [1.807, 2.05) is 30.5 Å². The Hall–Kier alpha value is -2.28. The summed E-state index contributed by atoms with van der Waals surface area (Å²) in [4.78, 5) is 12.3. The number of rotatable bonds is 4. The Bertz CT molecular complexity index is 867. The van der Waals surface area contributed by atoms with Crippen molar-refractivity contribution in [2.24, 2.45) is 0 Å². The molecule has 0 radical (unpaired) electrons. The summed E-state index contributed by atoms with van der Waals surface area (Å²) in [5, 5.41) is 2.86. The molecule has 1 saturated heterocycles. The normalized spacial score (nSPS) is 16.6. The molecule has 0 saturated carbocycles. The van der Waals surface area contributed by atoms with E-state index in [2.05, 4.69) is 5.32 Å². The first-order chi connectivity index (χ1) is 11.9. The molecule has 0 bridgehead atoms. The summed E-state index contributed by atoms with van der Waals surface area (Å²) in [5.74, 6) is 0.0384. The predicted molar refractivity (Wildman–Crippen MR) is 99.3 cm³/mol. The third-order valence-electron chi connectivity index (χ3n) is 4.49. The van der Waals surface area contributed by atoms with Crippen LogP contribution in [0.5, 0.6) is 0 Å². The van der Waals surface area contributed by atoms with Crippen molar-refractivity contribution < 1.29 is 13.2 Å². The van der Waals surface area contributed by atoms with E-state index >= 15 is 0 Å². The monoisotopic (exact) mass is 361 g/mol. The third-order valence-corrected chi connectivity index (χ3v) is 6.36. The van der Waals surface area contributed by atoms with Gasteiger partial charge in [0.25, 0.3) is 0 Å². The van der Waals surface area contributed by atoms with E-state index in [9.17, 15) is 13.2 Å². The number of aryl methyl sites for hydroxylation is 2. The van der Waals surface area contributed by atoms with Crippen molar-refractivity contribution in [1.29, 1.82) is 0 Å². The maximum absolute atomic E-state index is 12.3. The topological polar surface area (TPSA) is 71.4 Å². The third kappa shape index (κ3) is 3.87. The molecule has 1 aliphatic rings. The fourth-order valence-electron chi connectivity index (χ4n) is 3.11. The maximum atomic E-state index is 12.3. The summed E-state index contributed by atoms with van der Waals surface area (Å²) in [5.41, 5.74) is 3.26. The van der Waals surface area contributed by atoms with Crippen molar-refractivity contribution in [1.82, 2.24) is 4.57 Å².